The van der Waals surface area contributed by atoms with Crippen molar-refractivity contribution in [1.82, 2.24) is 9.55 Å². The van der Waals surface area contributed by atoms with E-state index in [4.69, 9.17) is 21.3 Å². The molecule has 6 rings (SSSR count). The van der Waals surface area contributed by atoms with E-state index in [0.29, 0.717) is 46.2 Å². The first-order valence-electron chi connectivity index (χ1n) is 12.4. The maximum Gasteiger partial charge on any atom is 0.266 e. The van der Waals surface area contributed by atoms with Gasteiger partial charge < -0.3 is 9.64 Å². The van der Waals surface area contributed by atoms with Gasteiger partial charge in [0.05, 0.1) is 39.7 Å². The predicted molar refractivity (Wildman–Crippen MR) is 154 cm³/mol. The molecule has 38 heavy (non-hydrogen) atoms. The number of fused-ring (bicyclic) bond motifs is 1. The summed E-state index contributed by atoms with van der Waals surface area (Å²) in [6.45, 7) is 4.42. The number of hydrogen-bond donors (Lipinski definition) is 0. The maximum atomic E-state index is 13.8. The highest BCUT2D eigenvalue weighted by molar-refractivity contribution is 7.20. The minimum atomic E-state index is -0.137. The number of rotatable bonds is 5. The molecule has 0 spiro atoms. The Morgan fingerprint density at radius 1 is 0.974 bits per heavy atom. The minimum absolute atomic E-state index is 0.0308. The van der Waals surface area contributed by atoms with Gasteiger partial charge >= 0.3 is 0 Å². The van der Waals surface area contributed by atoms with Crippen LogP contribution in [0, 0.1) is 0 Å². The second-order valence-electron chi connectivity index (χ2n) is 9.13. The molecule has 8 heteroatoms. The second kappa shape index (κ2) is 10.2. The van der Waals surface area contributed by atoms with Crippen LogP contribution < -0.4 is 10.5 Å². The molecule has 0 aliphatic carbocycles. The lowest BCUT2D eigenvalue weighted by molar-refractivity contribution is 0.101. The van der Waals surface area contributed by atoms with Crippen molar-refractivity contribution in [1.29, 1.82) is 0 Å². The van der Waals surface area contributed by atoms with Crippen molar-refractivity contribution in [3.8, 4) is 27.5 Å². The molecule has 0 N–H and O–H groups in total. The Bertz CT molecular complexity index is 1700. The summed E-state index contributed by atoms with van der Waals surface area (Å²) < 4.78 is 7.27. The van der Waals surface area contributed by atoms with Crippen LogP contribution in [-0.4, -0.2) is 41.6 Å². The van der Waals surface area contributed by atoms with Gasteiger partial charge in [-0.25, -0.2) is 4.98 Å². The second-order valence-corrected chi connectivity index (χ2v) is 10.6. The summed E-state index contributed by atoms with van der Waals surface area (Å²) >= 11 is 7.77. The molecule has 190 valence electrons. The zero-order chi connectivity index (χ0) is 26.2. The number of ketones is 1. The summed E-state index contributed by atoms with van der Waals surface area (Å²) in [4.78, 5) is 33.8. The quantitative estimate of drug-likeness (QED) is 0.238. The summed E-state index contributed by atoms with van der Waals surface area (Å²) in [5.41, 5.74) is 3.91. The normalized spacial score (nSPS) is 13.7. The molecule has 0 bridgehead atoms. The first-order valence-corrected chi connectivity index (χ1v) is 13.5. The number of nitrogens with zero attached hydrogens (tertiary/aromatic N) is 3. The van der Waals surface area contributed by atoms with Gasteiger partial charge in [0.15, 0.2) is 11.6 Å². The van der Waals surface area contributed by atoms with Crippen LogP contribution in [0.1, 0.15) is 17.3 Å². The number of carbonyl (C=O) groups is 1. The van der Waals surface area contributed by atoms with E-state index in [2.05, 4.69) is 11.0 Å². The van der Waals surface area contributed by atoms with E-state index < -0.39 is 0 Å². The van der Waals surface area contributed by atoms with Crippen molar-refractivity contribution in [2.24, 2.45) is 0 Å². The van der Waals surface area contributed by atoms with Crippen LogP contribution in [-0.2, 0) is 4.74 Å². The van der Waals surface area contributed by atoms with E-state index >= 15 is 0 Å². The van der Waals surface area contributed by atoms with Crippen LogP contribution in [0.2, 0.25) is 5.02 Å². The molecule has 3 heterocycles. The van der Waals surface area contributed by atoms with Crippen molar-refractivity contribution in [3.63, 3.8) is 0 Å². The molecule has 0 atom stereocenters. The molecule has 6 nitrogen and oxygen atoms in total. The summed E-state index contributed by atoms with van der Waals surface area (Å²) in [5.74, 6) is 0.602. The lowest BCUT2D eigenvalue weighted by Gasteiger charge is -2.28. The fourth-order valence-electron chi connectivity index (χ4n) is 4.71. The zero-order valence-corrected chi connectivity index (χ0v) is 22.3. The monoisotopic (exact) mass is 541 g/mol. The zero-order valence-electron chi connectivity index (χ0n) is 20.7. The van der Waals surface area contributed by atoms with Gasteiger partial charge in [-0.05, 0) is 55.0 Å². The fraction of sp³-hybridized carbons (Fsp3) is 0.167. The van der Waals surface area contributed by atoms with Gasteiger partial charge in [-0.15, -0.1) is 11.3 Å². The number of thiophene rings is 1. The Kier molecular flexibility index (Phi) is 6.57. The van der Waals surface area contributed by atoms with Gasteiger partial charge in [-0.1, -0.05) is 48.0 Å². The molecule has 1 saturated heterocycles. The van der Waals surface area contributed by atoms with Crippen LogP contribution >= 0.6 is 22.9 Å². The van der Waals surface area contributed by atoms with Crippen LogP contribution in [0.15, 0.2) is 83.7 Å². The molecule has 0 radical (unpaired) electrons. The number of anilines is 1. The number of hydrogen-bond acceptors (Lipinski definition) is 6. The van der Waals surface area contributed by atoms with Gasteiger partial charge in [-0.3, -0.25) is 14.2 Å². The summed E-state index contributed by atoms with van der Waals surface area (Å²) in [5, 5.41) is 2.24. The Hall–Kier alpha value is -3.78. The number of carbonyl (C=O) groups excluding carboxylic acids is 1. The van der Waals surface area contributed by atoms with Gasteiger partial charge in [0.1, 0.15) is 0 Å². The number of Topliss-reactive ketones (excluding diaryl/α,β-unsaturated/α-hetero) is 1. The third kappa shape index (κ3) is 4.53. The Morgan fingerprint density at radius 2 is 1.68 bits per heavy atom. The molecule has 1 aliphatic rings. The van der Waals surface area contributed by atoms with Gasteiger partial charge in [-0.2, -0.15) is 0 Å². The predicted octanol–water partition coefficient (Wildman–Crippen LogP) is 6.47. The number of para-hydroxylation sites is 1. The number of morpholine rings is 1. The summed E-state index contributed by atoms with van der Waals surface area (Å²) in [6, 6.07) is 24.4. The van der Waals surface area contributed by atoms with Crippen LogP contribution in [0.4, 0.5) is 5.00 Å². The van der Waals surface area contributed by atoms with E-state index in [9.17, 15) is 9.59 Å². The van der Waals surface area contributed by atoms with Crippen molar-refractivity contribution >= 4 is 44.6 Å². The average molecular weight is 542 g/mol. The van der Waals surface area contributed by atoms with Crippen LogP contribution in [0.5, 0.6) is 0 Å². The Balaban J connectivity index is 1.59. The molecule has 2 aromatic heterocycles. The Morgan fingerprint density at radius 3 is 2.39 bits per heavy atom. The number of aromatic nitrogens is 2. The number of benzene rings is 3. The molecule has 1 aliphatic heterocycles. The van der Waals surface area contributed by atoms with E-state index in [-0.39, 0.29) is 11.3 Å². The maximum absolute atomic E-state index is 13.8. The molecule has 3 aromatic carbocycles. The lowest BCUT2D eigenvalue weighted by Crippen LogP contribution is -2.35. The van der Waals surface area contributed by atoms with Gasteiger partial charge in [0.2, 0.25) is 0 Å². The first kappa shape index (κ1) is 24.6. The van der Waals surface area contributed by atoms with Crippen LogP contribution in [0.3, 0.4) is 0 Å². The standard InChI is InChI=1S/C30H24ClN3O3S/c1-19(35)20-6-8-21(9-7-20)25-18-27(38-30(25)33-14-16-37-17-15-33)28-32-26-5-3-2-4-24(26)29(36)34(28)23-12-10-22(31)11-13-23/h2-13,18H,14-17H2,1H3. The molecule has 5 aromatic rings. The highest BCUT2D eigenvalue weighted by Crippen LogP contribution is 2.43. The third-order valence-corrected chi connectivity index (χ3v) is 8.14. The highest BCUT2D eigenvalue weighted by Gasteiger charge is 2.23. The van der Waals surface area contributed by atoms with Crippen molar-refractivity contribution in [3.05, 3.63) is 99.8 Å². The average Bonchev–Trinajstić information content (AvgIpc) is 3.40. The molecule has 1 fully saturated rings. The van der Waals surface area contributed by atoms with Gasteiger partial charge in [0, 0.05) is 29.2 Å². The fourth-order valence-corrected chi connectivity index (χ4v) is 6.05. The number of halogens is 1. The largest absolute Gasteiger partial charge is 0.378 e. The molecular formula is C30H24ClN3O3S. The molecular weight excluding hydrogens is 518 g/mol. The Labute approximate surface area is 228 Å². The third-order valence-electron chi connectivity index (χ3n) is 6.69. The first-order chi connectivity index (χ1) is 18.5. The highest BCUT2D eigenvalue weighted by atomic mass is 35.5. The molecule has 0 amide bonds. The van der Waals surface area contributed by atoms with E-state index in [0.717, 1.165) is 34.1 Å². The topological polar surface area (TPSA) is 64.4 Å². The summed E-state index contributed by atoms with van der Waals surface area (Å²) in [6.07, 6.45) is 0. The molecule has 0 unspecified atom stereocenters. The smallest absolute Gasteiger partial charge is 0.266 e. The van der Waals surface area contributed by atoms with Crippen LogP contribution in [0.25, 0.3) is 38.4 Å². The van der Waals surface area contributed by atoms with Gasteiger partial charge in [0.25, 0.3) is 5.56 Å². The molecule has 0 saturated carbocycles. The summed E-state index contributed by atoms with van der Waals surface area (Å²) in [7, 11) is 0. The van der Waals surface area contributed by atoms with Crippen molar-refractivity contribution < 1.29 is 9.53 Å². The SMILES string of the molecule is CC(=O)c1ccc(-c2cc(-c3nc4ccccc4c(=O)n3-c3ccc(Cl)cc3)sc2N2CCOCC2)cc1. The van der Waals surface area contributed by atoms with Crippen molar-refractivity contribution in [2.75, 3.05) is 31.2 Å². The minimum Gasteiger partial charge on any atom is -0.378 e. The van der Waals surface area contributed by atoms with E-state index in [1.54, 1.807) is 41.0 Å². The van der Waals surface area contributed by atoms with E-state index in [1.165, 1.54) is 0 Å². The lowest BCUT2D eigenvalue weighted by atomic mass is 10.0. The van der Waals surface area contributed by atoms with E-state index in [1.807, 2.05) is 54.6 Å². The number of ether oxygens (including phenoxy) is 1. The van der Waals surface area contributed by atoms with Crippen molar-refractivity contribution in [2.45, 2.75) is 6.92 Å².